The first-order valence-electron chi connectivity index (χ1n) is 12.4. The predicted octanol–water partition coefficient (Wildman–Crippen LogP) is 5.91. The summed E-state index contributed by atoms with van der Waals surface area (Å²) in [5.41, 5.74) is 1.10. The number of rotatable bonds is 11. The van der Waals surface area contributed by atoms with Gasteiger partial charge in [-0.15, -0.1) is 0 Å². The molecule has 0 spiro atoms. The van der Waals surface area contributed by atoms with Crippen molar-refractivity contribution >= 4 is 16.8 Å². The summed E-state index contributed by atoms with van der Waals surface area (Å²) in [5, 5.41) is 0.538. The third-order valence-corrected chi connectivity index (χ3v) is 6.06. The summed E-state index contributed by atoms with van der Waals surface area (Å²) in [6, 6.07) is 14.5. The van der Waals surface area contributed by atoms with Gasteiger partial charge in [-0.2, -0.15) is 0 Å². The zero-order chi connectivity index (χ0) is 24.7. The fourth-order valence-electron chi connectivity index (χ4n) is 4.13. The van der Waals surface area contributed by atoms with E-state index in [2.05, 4.69) is 20.8 Å². The van der Waals surface area contributed by atoms with Gasteiger partial charge < -0.3 is 9.64 Å². The van der Waals surface area contributed by atoms with E-state index in [0.29, 0.717) is 53.7 Å². The highest BCUT2D eigenvalue weighted by Crippen LogP contribution is 2.28. The SMILES string of the molecule is CCCCC(=O)N(CCC(C)C)C(C)c1nc2ccccc2c(=O)n1-c1ccccc1OCC. The van der Waals surface area contributed by atoms with Crippen LogP contribution in [-0.4, -0.2) is 33.5 Å². The summed E-state index contributed by atoms with van der Waals surface area (Å²) in [6.07, 6.45) is 3.18. The molecule has 3 aromatic rings. The maximum absolute atomic E-state index is 13.8. The number of benzene rings is 2. The molecule has 3 rings (SSSR count). The number of carbonyl (C=O) groups is 1. The number of hydrogen-bond acceptors (Lipinski definition) is 4. The fraction of sp³-hybridized carbons (Fsp3) is 0.464. The summed E-state index contributed by atoms with van der Waals surface area (Å²) in [6.45, 7) is 11.4. The van der Waals surface area contributed by atoms with Gasteiger partial charge in [0, 0.05) is 13.0 Å². The summed E-state index contributed by atoms with van der Waals surface area (Å²) in [5.74, 6) is 1.72. The van der Waals surface area contributed by atoms with Gasteiger partial charge in [0.1, 0.15) is 11.6 Å². The molecule has 1 amide bonds. The number of fused-ring (bicyclic) bond motifs is 1. The smallest absolute Gasteiger partial charge is 0.266 e. The molecule has 0 aliphatic heterocycles. The van der Waals surface area contributed by atoms with E-state index < -0.39 is 0 Å². The van der Waals surface area contributed by atoms with Crippen molar-refractivity contribution in [2.45, 2.75) is 66.3 Å². The van der Waals surface area contributed by atoms with Gasteiger partial charge in [-0.3, -0.25) is 14.2 Å². The third-order valence-electron chi connectivity index (χ3n) is 6.06. The summed E-state index contributed by atoms with van der Waals surface area (Å²) >= 11 is 0. The molecule has 0 N–H and O–H groups in total. The van der Waals surface area contributed by atoms with Crippen LogP contribution in [0.5, 0.6) is 5.75 Å². The van der Waals surface area contributed by atoms with Gasteiger partial charge in [-0.05, 0) is 56.9 Å². The number of para-hydroxylation sites is 3. The van der Waals surface area contributed by atoms with E-state index in [1.165, 1.54) is 0 Å². The largest absolute Gasteiger partial charge is 0.492 e. The predicted molar refractivity (Wildman–Crippen MR) is 138 cm³/mol. The maximum atomic E-state index is 13.8. The summed E-state index contributed by atoms with van der Waals surface area (Å²) < 4.78 is 7.50. The Bertz CT molecular complexity index is 1170. The van der Waals surface area contributed by atoms with Crippen molar-refractivity contribution in [1.82, 2.24) is 14.5 Å². The molecule has 0 fully saturated rings. The molecule has 0 saturated heterocycles. The average molecular weight is 464 g/mol. The molecule has 2 aromatic carbocycles. The quantitative estimate of drug-likeness (QED) is 0.355. The lowest BCUT2D eigenvalue weighted by Gasteiger charge is -2.31. The van der Waals surface area contributed by atoms with Crippen LogP contribution >= 0.6 is 0 Å². The van der Waals surface area contributed by atoms with E-state index in [9.17, 15) is 9.59 Å². The van der Waals surface area contributed by atoms with Gasteiger partial charge in [0.05, 0.1) is 29.2 Å². The summed E-state index contributed by atoms with van der Waals surface area (Å²) in [4.78, 5) is 33.9. The maximum Gasteiger partial charge on any atom is 0.266 e. The van der Waals surface area contributed by atoms with Crippen molar-refractivity contribution in [2.75, 3.05) is 13.2 Å². The minimum atomic E-state index is -0.380. The molecule has 0 saturated carbocycles. The van der Waals surface area contributed by atoms with E-state index >= 15 is 0 Å². The first-order chi connectivity index (χ1) is 16.4. The van der Waals surface area contributed by atoms with Gasteiger partial charge in [0.2, 0.25) is 5.91 Å². The second kappa shape index (κ2) is 11.8. The van der Waals surface area contributed by atoms with E-state index in [4.69, 9.17) is 9.72 Å². The molecule has 0 radical (unpaired) electrons. The van der Waals surface area contributed by atoms with Crippen molar-refractivity contribution in [3.05, 3.63) is 64.7 Å². The Hall–Kier alpha value is -3.15. The van der Waals surface area contributed by atoms with E-state index in [0.717, 1.165) is 19.3 Å². The standard InChI is InChI=1S/C28H37N3O3/c1-6-8-17-26(32)30(19-18-20(3)4)21(5)27-29-23-14-10-9-13-22(23)28(33)31(27)24-15-11-12-16-25(24)34-7-2/h9-16,20-21H,6-8,17-19H2,1-5H3. The molecule has 0 aliphatic rings. The number of nitrogens with zero attached hydrogens (tertiary/aromatic N) is 3. The van der Waals surface area contributed by atoms with Crippen LogP contribution in [0.3, 0.4) is 0 Å². The molecular weight excluding hydrogens is 426 g/mol. The van der Waals surface area contributed by atoms with Crippen molar-refractivity contribution in [2.24, 2.45) is 5.92 Å². The first-order valence-corrected chi connectivity index (χ1v) is 12.4. The van der Waals surface area contributed by atoms with Gasteiger partial charge >= 0.3 is 0 Å². The lowest BCUT2D eigenvalue weighted by molar-refractivity contribution is -0.133. The zero-order valence-corrected chi connectivity index (χ0v) is 21.1. The second-order valence-electron chi connectivity index (χ2n) is 9.08. The number of aromatic nitrogens is 2. The van der Waals surface area contributed by atoms with Crippen LogP contribution in [0.15, 0.2) is 53.3 Å². The molecule has 1 aromatic heterocycles. The Morgan fingerprint density at radius 3 is 2.47 bits per heavy atom. The molecule has 0 bridgehead atoms. The van der Waals surface area contributed by atoms with Crippen molar-refractivity contribution in [3.8, 4) is 11.4 Å². The summed E-state index contributed by atoms with van der Waals surface area (Å²) in [7, 11) is 0. The molecule has 6 heteroatoms. The molecule has 182 valence electrons. The van der Waals surface area contributed by atoms with Gasteiger partial charge in [-0.1, -0.05) is 51.5 Å². The van der Waals surface area contributed by atoms with Crippen molar-refractivity contribution in [3.63, 3.8) is 0 Å². The van der Waals surface area contributed by atoms with Crippen LogP contribution in [0.1, 0.15) is 72.2 Å². The Morgan fingerprint density at radius 1 is 1.06 bits per heavy atom. The van der Waals surface area contributed by atoms with Gasteiger partial charge in [0.25, 0.3) is 5.56 Å². The molecule has 34 heavy (non-hydrogen) atoms. The van der Waals surface area contributed by atoms with Crippen LogP contribution in [0.2, 0.25) is 0 Å². The Labute approximate surface area is 202 Å². The zero-order valence-electron chi connectivity index (χ0n) is 21.1. The van der Waals surface area contributed by atoms with E-state index in [1.54, 1.807) is 10.6 Å². The Kier molecular flexibility index (Phi) is 8.85. The highest BCUT2D eigenvalue weighted by atomic mass is 16.5. The van der Waals surface area contributed by atoms with Crippen LogP contribution in [0.25, 0.3) is 16.6 Å². The number of hydrogen-bond donors (Lipinski definition) is 0. The number of carbonyl (C=O) groups excluding carboxylic acids is 1. The highest BCUT2D eigenvalue weighted by molar-refractivity contribution is 5.79. The first kappa shape index (κ1) is 25.5. The van der Waals surface area contributed by atoms with E-state index in [-0.39, 0.29) is 17.5 Å². The fourth-order valence-corrected chi connectivity index (χ4v) is 4.13. The third kappa shape index (κ3) is 5.66. The monoisotopic (exact) mass is 463 g/mol. The minimum Gasteiger partial charge on any atom is -0.492 e. The van der Waals surface area contributed by atoms with Gasteiger partial charge in [0.15, 0.2) is 0 Å². The van der Waals surface area contributed by atoms with Crippen molar-refractivity contribution in [1.29, 1.82) is 0 Å². The van der Waals surface area contributed by atoms with Crippen LogP contribution in [0.4, 0.5) is 0 Å². The molecule has 1 unspecified atom stereocenters. The molecule has 1 atom stereocenters. The average Bonchev–Trinajstić information content (AvgIpc) is 2.83. The van der Waals surface area contributed by atoms with Crippen LogP contribution < -0.4 is 10.3 Å². The molecule has 6 nitrogen and oxygen atoms in total. The van der Waals surface area contributed by atoms with Crippen LogP contribution in [0, 0.1) is 5.92 Å². The highest BCUT2D eigenvalue weighted by Gasteiger charge is 2.27. The van der Waals surface area contributed by atoms with Crippen LogP contribution in [-0.2, 0) is 4.79 Å². The topological polar surface area (TPSA) is 64.4 Å². The lowest BCUT2D eigenvalue weighted by atomic mass is 10.1. The number of ether oxygens (including phenoxy) is 1. The second-order valence-corrected chi connectivity index (χ2v) is 9.08. The minimum absolute atomic E-state index is 0.0991. The normalized spacial score (nSPS) is 12.2. The Morgan fingerprint density at radius 2 is 1.76 bits per heavy atom. The number of unbranched alkanes of at least 4 members (excludes halogenated alkanes) is 1. The molecular formula is C28H37N3O3. The van der Waals surface area contributed by atoms with Gasteiger partial charge in [-0.25, -0.2) is 4.98 Å². The van der Waals surface area contributed by atoms with E-state index in [1.807, 2.05) is 61.2 Å². The lowest BCUT2D eigenvalue weighted by Crippen LogP contribution is -2.38. The molecule has 1 heterocycles. The number of amides is 1. The molecule has 0 aliphatic carbocycles. The Balaban J connectivity index is 2.22. The van der Waals surface area contributed by atoms with Crippen molar-refractivity contribution < 1.29 is 9.53 Å².